The van der Waals surface area contributed by atoms with Gasteiger partial charge in [0.15, 0.2) is 0 Å². The molecule has 2 rings (SSSR count). The number of benzene rings is 2. The van der Waals surface area contributed by atoms with Crippen molar-refractivity contribution in [3.63, 3.8) is 0 Å². The van der Waals surface area contributed by atoms with E-state index in [0.717, 1.165) is 11.8 Å². The van der Waals surface area contributed by atoms with E-state index in [-0.39, 0.29) is 29.6 Å². The highest BCUT2D eigenvalue weighted by Gasteiger charge is 2.27. The molecular weight excluding hydrogens is 396 g/mol. The van der Waals surface area contributed by atoms with Crippen LogP contribution in [-0.4, -0.2) is 42.2 Å². The fourth-order valence-electron chi connectivity index (χ4n) is 2.22. The lowest BCUT2D eigenvalue weighted by Crippen LogP contribution is -2.33. The van der Waals surface area contributed by atoms with Gasteiger partial charge in [0.25, 0.3) is 5.91 Å². The average molecular weight is 414 g/mol. The van der Waals surface area contributed by atoms with E-state index in [1.807, 2.05) is 0 Å². The van der Waals surface area contributed by atoms with E-state index in [2.05, 4.69) is 0 Å². The van der Waals surface area contributed by atoms with E-state index < -0.39 is 18.6 Å². The highest BCUT2D eigenvalue weighted by atomic mass is 32.2. The maximum atomic E-state index is 13.6. The Hall–Kier alpha value is -2.55. The van der Waals surface area contributed by atoms with Gasteiger partial charge in [-0.15, -0.1) is 11.8 Å². The largest absolute Gasteiger partial charge is 0.405 e. The SMILES string of the molecule is CN(Cc1ccc(C(=O)NCC(F)(F)F)cc1)C(=O)CSc1ccccc1F. The molecule has 28 heavy (non-hydrogen) atoms. The lowest BCUT2D eigenvalue weighted by Gasteiger charge is -2.17. The second-order valence-electron chi connectivity index (χ2n) is 5.96. The Bertz CT molecular complexity index is 825. The third kappa shape index (κ3) is 6.88. The molecular formula is C19H18F4N2O2S. The molecule has 9 heteroatoms. The smallest absolute Gasteiger partial charge is 0.343 e. The number of nitrogens with zero attached hydrogens (tertiary/aromatic N) is 1. The Balaban J connectivity index is 1.86. The molecule has 2 aromatic rings. The Morgan fingerprint density at radius 2 is 1.71 bits per heavy atom. The topological polar surface area (TPSA) is 49.4 Å². The Kier molecular flexibility index (Phi) is 7.45. The molecule has 0 saturated carbocycles. The second-order valence-corrected chi connectivity index (χ2v) is 6.98. The van der Waals surface area contributed by atoms with Crippen molar-refractivity contribution in [1.82, 2.24) is 10.2 Å². The number of nitrogens with one attached hydrogen (secondary N) is 1. The van der Waals surface area contributed by atoms with E-state index in [1.165, 1.54) is 23.1 Å². The predicted molar refractivity (Wildman–Crippen MR) is 98.4 cm³/mol. The zero-order valence-corrected chi connectivity index (χ0v) is 15.7. The van der Waals surface area contributed by atoms with Crippen molar-refractivity contribution in [2.24, 2.45) is 0 Å². The van der Waals surface area contributed by atoms with Crippen molar-refractivity contribution in [2.45, 2.75) is 17.6 Å². The summed E-state index contributed by atoms with van der Waals surface area (Å²) >= 11 is 1.10. The van der Waals surface area contributed by atoms with E-state index in [4.69, 9.17) is 0 Å². The second kappa shape index (κ2) is 9.59. The van der Waals surface area contributed by atoms with Gasteiger partial charge in [-0.2, -0.15) is 13.2 Å². The van der Waals surface area contributed by atoms with E-state index in [9.17, 15) is 27.2 Å². The van der Waals surface area contributed by atoms with Crippen molar-refractivity contribution >= 4 is 23.6 Å². The van der Waals surface area contributed by atoms with Crippen LogP contribution in [0.5, 0.6) is 0 Å². The predicted octanol–water partition coefficient (Wildman–Crippen LogP) is 3.87. The molecule has 0 radical (unpaired) electrons. The normalized spacial score (nSPS) is 11.2. The lowest BCUT2D eigenvalue weighted by molar-refractivity contribution is -0.127. The number of alkyl halides is 3. The molecule has 0 aliphatic carbocycles. The molecule has 2 aromatic carbocycles. The lowest BCUT2D eigenvalue weighted by atomic mass is 10.1. The monoisotopic (exact) mass is 414 g/mol. The summed E-state index contributed by atoms with van der Waals surface area (Å²) in [4.78, 5) is 25.7. The highest BCUT2D eigenvalue weighted by molar-refractivity contribution is 8.00. The standard InChI is InChI=1S/C19H18F4N2O2S/c1-25(17(26)11-28-16-5-3-2-4-15(16)20)10-13-6-8-14(9-7-13)18(27)24-12-19(21,22)23/h2-9H,10-12H2,1H3,(H,24,27). The summed E-state index contributed by atoms with van der Waals surface area (Å²) in [6.45, 7) is -1.15. The van der Waals surface area contributed by atoms with Crippen LogP contribution in [0.3, 0.4) is 0 Å². The van der Waals surface area contributed by atoms with Crippen LogP contribution in [0.25, 0.3) is 0 Å². The molecule has 0 heterocycles. The summed E-state index contributed by atoms with van der Waals surface area (Å²) in [6.07, 6.45) is -4.47. The van der Waals surface area contributed by atoms with Crippen LogP contribution in [0, 0.1) is 5.82 Å². The quantitative estimate of drug-likeness (QED) is 0.553. The van der Waals surface area contributed by atoms with Gasteiger partial charge >= 0.3 is 6.18 Å². The van der Waals surface area contributed by atoms with Crippen molar-refractivity contribution < 1.29 is 27.2 Å². The molecule has 0 atom stereocenters. The molecule has 0 spiro atoms. The summed E-state index contributed by atoms with van der Waals surface area (Å²) in [7, 11) is 1.59. The van der Waals surface area contributed by atoms with Gasteiger partial charge in [-0.05, 0) is 29.8 Å². The molecule has 0 aromatic heterocycles. The van der Waals surface area contributed by atoms with Crippen LogP contribution in [0.1, 0.15) is 15.9 Å². The minimum Gasteiger partial charge on any atom is -0.343 e. The van der Waals surface area contributed by atoms with E-state index >= 15 is 0 Å². The number of rotatable bonds is 7. The first-order valence-corrected chi connectivity index (χ1v) is 9.19. The summed E-state index contributed by atoms with van der Waals surface area (Å²) in [5.74, 6) is -1.35. The maximum Gasteiger partial charge on any atom is 0.405 e. The average Bonchev–Trinajstić information content (AvgIpc) is 2.65. The van der Waals surface area contributed by atoms with Gasteiger partial charge in [0, 0.05) is 24.1 Å². The summed E-state index contributed by atoms with van der Waals surface area (Å²) in [5.41, 5.74) is 0.802. The number of thioether (sulfide) groups is 1. The molecule has 2 amide bonds. The van der Waals surface area contributed by atoms with Gasteiger partial charge in [-0.3, -0.25) is 9.59 Å². The van der Waals surface area contributed by atoms with Crippen LogP contribution < -0.4 is 5.32 Å². The third-order valence-corrected chi connectivity index (χ3v) is 4.73. The van der Waals surface area contributed by atoms with Gasteiger partial charge in [0.2, 0.25) is 5.91 Å². The van der Waals surface area contributed by atoms with E-state index in [1.54, 1.807) is 42.7 Å². The molecule has 150 valence electrons. The minimum absolute atomic E-state index is 0.0648. The number of carbonyl (C=O) groups excluding carboxylic acids is 2. The fraction of sp³-hybridized carbons (Fsp3) is 0.263. The number of carbonyl (C=O) groups is 2. The summed E-state index contributed by atoms with van der Waals surface area (Å²) < 4.78 is 50.0. The molecule has 0 aliphatic rings. The number of halogens is 4. The van der Waals surface area contributed by atoms with Gasteiger partial charge in [-0.25, -0.2) is 4.39 Å². The summed E-state index contributed by atoms with van der Waals surface area (Å²) in [5, 5.41) is 1.79. The fourth-order valence-corrected chi connectivity index (χ4v) is 3.10. The van der Waals surface area contributed by atoms with Crippen LogP contribution in [0.4, 0.5) is 17.6 Å². The van der Waals surface area contributed by atoms with Crippen LogP contribution in [-0.2, 0) is 11.3 Å². The van der Waals surface area contributed by atoms with Gasteiger partial charge < -0.3 is 10.2 Å². The number of hydrogen-bond acceptors (Lipinski definition) is 3. The van der Waals surface area contributed by atoms with Gasteiger partial charge in [-0.1, -0.05) is 24.3 Å². The summed E-state index contributed by atoms with van der Waals surface area (Å²) in [6, 6.07) is 12.1. The van der Waals surface area contributed by atoms with Crippen molar-refractivity contribution in [2.75, 3.05) is 19.3 Å². The first-order chi connectivity index (χ1) is 13.2. The molecule has 0 unspecified atom stereocenters. The zero-order chi connectivity index (χ0) is 20.7. The van der Waals surface area contributed by atoms with Crippen molar-refractivity contribution in [1.29, 1.82) is 0 Å². The molecule has 4 nitrogen and oxygen atoms in total. The van der Waals surface area contributed by atoms with Crippen LogP contribution in [0.2, 0.25) is 0 Å². The van der Waals surface area contributed by atoms with Crippen LogP contribution >= 0.6 is 11.8 Å². The molecule has 0 fully saturated rings. The van der Waals surface area contributed by atoms with Crippen LogP contribution in [0.15, 0.2) is 53.4 Å². The Morgan fingerprint density at radius 1 is 1.07 bits per heavy atom. The molecule has 1 N–H and O–H groups in total. The first kappa shape index (κ1) is 21.7. The first-order valence-electron chi connectivity index (χ1n) is 8.21. The van der Waals surface area contributed by atoms with Crippen molar-refractivity contribution in [3.8, 4) is 0 Å². The Labute approximate surface area is 163 Å². The minimum atomic E-state index is -4.47. The molecule has 0 saturated heterocycles. The Morgan fingerprint density at radius 3 is 2.32 bits per heavy atom. The number of hydrogen-bond donors (Lipinski definition) is 1. The van der Waals surface area contributed by atoms with E-state index in [0.29, 0.717) is 10.5 Å². The molecule has 0 bridgehead atoms. The third-order valence-electron chi connectivity index (χ3n) is 3.70. The maximum absolute atomic E-state index is 13.6. The van der Waals surface area contributed by atoms with Gasteiger partial charge in [0.1, 0.15) is 12.4 Å². The molecule has 0 aliphatic heterocycles. The zero-order valence-electron chi connectivity index (χ0n) is 14.9. The van der Waals surface area contributed by atoms with Crippen molar-refractivity contribution in [3.05, 3.63) is 65.5 Å². The highest BCUT2D eigenvalue weighted by Crippen LogP contribution is 2.21. The van der Waals surface area contributed by atoms with Gasteiger partial charge in [0.05, 0.1) is 5.75 Å². The number of amides is 2.